The zero-order valence-corrected chi connectivity index (χ0v) is 12.8. The lowest BCUT2D eigenvalue weighted by atomic mass is 10.1. The van der Waals surface area contributed by atoms with E-state index in [2.05, 4.69) is 5.32 Å². The minimum Gasteiger partial charge on any atom is -0.489 e. The number of nitrogens with two attached hydrogens (primary N) is 1. The van der Waals surface area contributed by atoms with E-state index in [1.807, 2.05) is 54.6 Å². The van der Waals surface area contributed by atoms with Crippen molar-refractivity contribution in [2.75, 3.05) is 6.54 Å². The van der Waals surface area contributed by atoms with Crippen LogP contribution in [0.15, 0.2) is 54.6 Å². The zero-order valence-electron chi connectivity index (χ0n) is 12.8. The summed E-state index contributed by atoms with van der Waals surface area (Å²) in [7, 11) is 0. The fraction of sp³-hybridized carbons (Fsp3) is 0.278. The molecular weight excluding hydrogens is 276 g/mol. The average Bonchev–Trinajstić information content (AvgIpc) is 2.54. The van der Waals surface area contributed by atoms with Gasteiger partial charge < -0.3 is 15.8 Å². The fourth-order valence-corrected chi connectivity index (χ4v) is 2.02. The Morgan fingerprint density at radius 2 is 1.86 bits per heavy atom. The van der Waals surface area contributed by atoms with Crippen molar-refractivity contribution in [1.29, 1.82) is 0 Å². The lowest BCUT2D eigenvalue weighted by Gasteiger charge is -2.10. The van der Waals surface area contributed by atoms with Crippen LogP contribution in [0.4, 0.5) is 0 Å². The molecule has 116 valence electrons. The van der Waals surface area contributed by atoms with Gasteiger partial charge in [0.05, 0.1) is 6.04 Å². The van der Waals surface area contributed by atoms with Gasteiger partial charge in [0.1, 0.15) is 12.4 Å². The van der Waals surface area contributed by atoms with Crippen LogP contribution in [0.25, 0.3) is 0 Å². The van der Waals surface area contributed by atoms with Gasteiger partial charge in [-0.05, 0) is 36.6 Å². The Hall–Kier alpha value is -2.33. The van der Waals surface area contributed by atoms with Crippen LogP contribution in [0.5, 0.6) is 5.75 Å². The first-order valence-corrected chi connectivity index (χ1v) is 7.44. The lowest BCUT2D eigenvalue weighted by molar-refractivity contribution is -0.121. The molecule has 0 spiro atoms. The molecule has 1 unspecified atom stereocenters. The SMILES string of the molecule is CC(N)C(=O)NCCc1cccc(OCc2ccccc2)c1. The van der Waals surface area contributed by atoms with Gasteiger partial charge in [-0.3, -0.25) is 4.79 Å². The number of carbonyl (C=O) groups is 1. The first-order valence-electron chi connectivity index (χ1n) is 7.44. The summed E-state index contributed by atoms with van der Waals surface area (Å²) in [6.07, 6.45) is 0.751. The van der Waals surface area contributed by atoms with E-state index in [0.717, 1.165) is 23.3 Å². The van der Waals surface area contributed by atoms with Crippen LogP contribution in [0, 0.1) is 0 Å². The van der Waals surface area contributed by atoms with Crippen LogP contribution >= 0.6 is 0 Å². The Bertz CT molecular complexity index is 597. The second kappa shape index (κ2) is 8.20. The molecule has 4 nitrogen and oxygen atoms in total. The van der Waals surface area contributed by atoms with E-state index in [4.69, 9.17) is 10.5 Å². The second-order valence-electron chi connectivity index (χ2n) is 5.25. The molecule has 22 heavy (non-hydrogen) atoms. The van der Waals surface area contributed by atoms with Crippen molar-refractivity contribution in [3.05, 3.63) is 65.7 Å². The van der Waals surface area contributed by atoms with Crippen LogP contribution in [0.1, 0.15) is 18.1 Å². The van der Waals surface area contributed by atoms with Gasteiger partial charge in [-0.15, -0.1) is 0 Å². The van der Waals surface area contributed by atoms with Gasteiger partial charge >= 0.3 is 0 Å². The molecule has 4 heteroatoms. The molecule has 0 saturated carbocycles. The molecule has 0 aliphatic rings. The molecule has 3 N–H and O–H groups in total. The second-order valence-corrected chi connectivity index (χ2v) is 5.25. The molecule has 0 aliphatic heterocycles. The smallest absolute Gasteiger partial charge is 0.236 e. The van der Waals surface area contributed by atoms with Crippen molar-refractivity contribution >= 4 is 5.91 Å². The maximum absolute atomic E-state index is 11.4. The average molecular weight is 298 g/mol. The van der Waals surface area contributed by atoms with E-state index in [1.165, 1.54) is 0 Å². The molecule has 1 amide bonds. The lowest BCUT2D eigenvalue weighted by Crippen LogP contribution is -2.39. The minimum atomic E-state index is -0.472. The van der Waals surface area contributed by atoms with Crippen molar-refractivity contribution in [3.63, 3.8) is 0 Å². The number of nitrogens with one attached hydrogen (secondary N) is 1. The minimum absolute atomic E-state index is 0.128. The highest BCUT2D eigenvalue weighted by Gasteiger charge is 2.05. The largest absolute Gasteiger partial charge is 0.489 e. The number of hydrogen-bond acceptors (Lipinski definition) is 3. The number of ether oxygens (including phenoxy) is 1. The number of carbonyl (C=O) groups excluding carboxylic acids is 1. The maximum atomic E-state index is 11.4. The third-order valence-corrected chi connectivity index (χ3v) is 3.27. The van der Waals surface area contributed by atoms with E-state index in [9.17, 15) is 4.79 Å². The summed E-state index contributed by atoms with van der Waals surface area (Å²) in [5.41, 5.74) is 7.76. The standard InChI is InChI=1S/C18H22N2O2/c1-14(19)18(21)20-11-10-15-8-5-9-17(12-15)22-13-16-6-3-2-4-7-16/h2-9,12,14H,10-11,13,19H2,1H3,(H,20,21). The molecule has 0 aliphatic carbocycles. The molecule has 0 saturated heterocycles. The van der Waals surface area contributed by atoms with Crippen molar-refractivity contribution in [3.8, 4) is 5.75 Å². The summed E-state index contributed by atoms with van der Waals surface area (Å²) in [6.45, 7) is 2.79. The molecule has 2 rings (SSSR count). The highest BCUT2D eigenvalue weighted by Crippen LogP contribution is 2.15. The topological polar surface area (TPSA) is 64.4 Å². The van der Waals surface area contributed by atoms with Gasteiger partial charge in [0, 0.05) is 6.54 Å². The molecule has 0 heterocycles. The number of hydrogen-bond donors (Lipinski definition) is 2. The third-order valence-electron chi connectivity index (χ3n) is 3.27. The summed E-state index contributed by atoms with van der Waals surface area (Å²) in [6, 6.07) is 17.5. The first kappa shape index (κ1) is 16.0. The molecule has 2 aromatic rings. The van der Waals surface area contributed by atoms with E-state index in [1.54, 1.807) is 6.92 Å². The summed E-state index contributed by atoms with van der Waals surface area (Å²) in [5.74, 6) is 0.705. The fourth-order valence-electron chi connectivity index (χ4n) is 2.02. The molecule has 2 aromatic carbocycles. The maximum Gasteiger partial charge on any atom is 0.236 e. The van der Waals surface area contributed by atoms with E-state index in [0.29, 0.717) is 13.2 Å². The van der Waals surface area contributed by atoms with E-state index >= 15 is 0 Å². The van der Waals surface area contributed by atoms with Crippen LogP contribution in [-0.4, -0.2) is 18.5 Å². The van der Waals surface area contributed by atoms with Crippen molar-refractivity contribution in [2.45, 2.75) is 26.0 Å². The van der Waals surface area contributed by atoms with E-state index in [-0.39, 0.29) is 5.91 Å². The molecule has 0 radical (unpaired) electrons. The van der Waals surface area contributed by atoms with Crippen LogP contribution < -0.4 is 15.8 Å². The number of rotatable bonds is 7. The van der Waals surface area contributed by atoms with Gasteiger partial charge in [0.15, 0.2) is 0 Å². The number of amides is 1. The summed E-state index contributed by atoms with van der Waals surface area (Å²) < 4.78 is 5.79. The Kier molecular flexibility index (Phi) is 5.98. The quantitative estimate of drug-likeness (QED) is 0.824. The van der Waals surface area contributed by atoms with Gasteiger partial charge in [0.25, 0.3) is 0 Å². The van der Waals surface area contributed by atoms with E-state index < -0.39 is 6.04 Å². The Morgan fingerprint density at radius 3 is 2.59 bits per heavy atom. The predicted molar refractivity (Wildman–Crippen MR) is 87.6 cm³/mol. The van der Waals surface area contributed by atoms with Crippen LogP contribution in [0.3, 0.4) is 0 Å². The predicted octanol–water partition coefficient (Wildman–Crippen LogP) is 2.27. The van der Waals surface area contributed by atoms with Crippen LogP contribution in [0.2, 0.25) is 0 Å². The molecule has 0 aromatic heterocycles. The Balaban J connectivity index is 1.83. The van der Waals surface area contributed by atoms with Gasteiger partial charge in [0.2, 0.25) is 5.91 Å². The van der Waals surface area contributed by atoms with Crippen LogP contribution in [-0.2, 0) is 17.8 Å². The Morgan fingerprint density at radius 1 is 1.14 bits per heavy atom. The molecule has 0 fully saturated rings. The third kappa shape index (κ3) is 5.22. The molecule has 0 bridgehead atoms. The highest BCUT2D eigenvalue weighted by atomic mass is 16.5. The van der Waals surface area contributed by atoms with Crippen molar-refractivity contribution in [1.82, 2.24) is 5.32 Å². The van der Waals surface area contributed by atoms with Crippen molar-refractivity contribution < 1.29 is 9.53 Å². The van der Waals surface area contributed by atoms with Gasteiger partial charge in [-0.2, -0.15) is 0 Å². The zero-order chi connectivity index (χ0) is 15.8. The summed E-state index contributed by atoms with van der Waals surface area (Å²) >= 11 is 0. The summed E-state index contributed by atoms with van der Waals surface area (Å²) in [4.78, 5) is 11.4. The first-order chi connectivity index (χ1) is 10.6. The van der Waals surface area contributed by atoms with Gasteiger partial charge in [-0.25, -0.2) is 0 Å². The van der Waals surface area contributed by atoms with Crippen molar-refractivity contribution in [2.24, 2.45) is 5.73 Å². The normalized spacial score (nSPS) is 11.7. The van der Waals surface area contributed by atoms with Gasteiger partial charge in [-0.1, -0.05) is 42.5 Å². The Labute approximate surface area is 131 Å². The number of benzene rings is 2. The summed E-state index contributed by atoms with van der Waals surface area (Å²) in [5, 5.41) is 2.80. The monoisotopic (exact) mass is 298 g/mol. The molecule has 1 atom stereocenters. The highest BCUT2D eigenvalue weighted by molar-refractivity contribution is 5.80. The molecular formula is C18H22N2O2.